The Labute approximate surface area is 102 Å². The Morgan fingerprint density at radius 1 is 1.72 bits per heavy atom. The summed E-state index contributed by atoms with van der Waals surface area (Å²) in [7, 11) is 0. The van der Waals surface area contributed by atoms with E-state index in [-0.39, 0.29) is 6.67 Å². The van der Waals surface area contributed by atoms with E-state index in [2.05, 4.69) is 15.0 Å². The van der Waals surface area contributed by atoms with Gasteiger partial charge in [0.15, 0.2) is 12.4 Å². The van der Waals surface area contributed by atoms with E-state index in [0.29, 0.717) is 0 Å². The molecule has 0 radical (unpaired) electrons. The predicted octanol–water partition coefficient (Wildman–Crippen LogP) is -0.102. The topological polar surface area (TPSA) is 114 Å². The number of ether oxygens (including phenoxy) is 1. The van der Waals surface area contributed by atoms with Crippen molar-refractivity contribution in [2.24, 2.45) is 10.1 Å². The van der Waals surface area contributed by atoms with Crippen LogP contribution in [-0.4, -0.2) is 58.8 Å². The monoisotopic (exact) mass is 257 g/mol. The van der Waals surface area contributed by atoms with Crippen molar-refractivity contribution in [1.29, 1.82) is 0 Å². The summed E-state index contributed by atoms with van der Waals surface area (Å²) in [5, 5.41) is 22.1. The Kier molecular flexibility index (Phi) is 3.48. The van der Waals surface area contributed by atoms with E-state index in [0.717, 1.165) is 0 Å². The molecule has 0 saturated carbocycles. The van der Waals surface area contributed by atoms with Crippen LogP contribution in [0.2, 0.25) is 0 Å². The molecule has 9 heteroatoms. The van der Waals surface area contributed by atoms with Crippen molar-refractivity contribution in [3.63, 3.8) is 0 Å². The van der Waals surface area contributed by atoms with Crippen LogP contribution in [0, 0.1) is 0 Å². The minimum Gasteiger partial charge on any atom is -0.393 e. The molecule has 2 N–H and O–H groups in total. The van der Waals surface area contributed by atoms with Crippen LogP contribution in [0.1, 0.15) is 0 Å². The first-order valence-electron chi connectivity index (χ1n) is 5.24. The highest BCUT2D eigenvalue weighted by Gasteiger charge is 2.56. The van der Waals surface area contributed by atoms with Crippen LogP contribution in [0.5, 0.6) is 0 Å². The Bertz CT molecular complexity index is 424. The number of alkyl halides is 1. The zero-order chi connectivity index (χ0) is 13.2. The minimum absolute atomic E-state index is 0.183. The number of azide groups is 1. The molecule has 0 amide bonds. The van der Waals surface area contributed by atoms with Gasteiger partial charge in [0.25, 0.3) is 0 Å². The van der Waals surface area contributed by atoms with Crippen LogP contribution in [0.25, 0.3) is 10.4 Å². The van der Waals surface area contributed by atoms with Gasteiger partial charge in [0.1, 0.15) is 12.8 Å². The van der Waals surface area contributed by atoms with Crippen molar-refractivity contribution in [2.75, 3.05) is 13.3 Å². The quantitative estimate of drug-likeness (QED) is 0.417. The normalized spacial score (nSPS) is 38.8. The molecule has 0 unspecified atom stereocenters. The molecule has 2 aliphatic rings. The van der Waals surface area contributed by atoms with E-state index in [1.165, 1.54) is 4.90 Å². The van der Waals surface area contributed by atoms with Crippen molar-refractivity contribution in [3.05, 3.63) is 22.7 Å². The molecule has 2 aliphatic heterocycles. The summed E-state index contributed by atoms with van der Waals surface area (Å²) in [5.74, 6) is 0. The lowest BCUT2D eigenvalue weighted by atomic mass is 10.1. The standard InChI is InChI=1S/C9H12FN5O3/c10-7-6(17)8(15-3-1-2-12-5-15)18-9(7,4-16)13-14-11/h1-3,6-8,16-17H,4-5H2/t6-,7+,8-,9-/m1/s1. The van der Waals surface area contributed by atoms with E-state index in [1.807, 2.05) is 0 Å². The van der Waals surface area contributed by atoms with Crippen LogP contribution in [0.4, 0.5) is 4.39 Å². The minimum atomic E-state index is -2.09. The summed E-state index contributed by atoms with van der Waals surface area (Å²) in [6.45, 7) is -0.671. The molecule has 2 heterocycles. The van der Waals surface area contributed by atoms with E-state index < -0.39 is 30.8 Å². The van der Waals surface area contributed by atoms with E-state index >= 15 is 0 Å². The Morgan fingerprint density at radius 2 is 2.50 bits per heavy atom. The highest BCUT2D eigenvalue weighted by atomic mass is 19.1. The number of hydrogen-bond acceptors (Lipinski definition) is 6. The molecule has 8 nitrogen and oxygen atoms in total. The van der Waals surface area contributed by atoms with Crippen molar-refractivity contribution < 1.29 is 19.3 Å². The fourth-order valence-electron chi connectivity index (χ4n) is 1.89. The molecule has 0 aliphatic carbocycles. The fraction of sp³-hybridized carbons (Fsp3) is 0.667. The van der Waals surface area contributed by atoms with Gasteiger partial charge in [-0.1, -0.05) is 5.11 Å². The Morgan fingerprint density at radius 3 is 3.06 bits per heavy atom. The fourth-order valence-corrected chi connectivity index (χ4v) is 1.89. The third kappa shape index (κ3) is 1.93. The molecule has 1 saturated heterocycles. The summed E-state index contributed by atoms with van der Waals surface area (Å²) in [4.78, 5) is 7.81. The average molecular weight is 257 g/mol. The summed E-state index contributed by atoms with van der Waals surface area (Å²) in [6, 6.07) is 0. The van der Waals surface area contributed by atoms with Gasteiger partial charge < -0.3 is 19.8 Å². The third-order valence-corrected chi connectivity index (χ3v) is 2.83. The summed E-state index contributed by atoms with van der Waals surface area (Å²) < 4.78 is 19.1. The van der Waals surface area contributed by atoms with Crippen LogP contribution in [0.15, 0.2) is 22.4 Å². The highest BCUT2D eigenvalue weighted by Crippen LogP contribution is 2.36. The number of allylic oxidation sites excluding steroid dienone is 1. The molecule has 0 aromatic rings. The second-order valence-electron chi connectivity index (χ2n) is 3.92. The van der Waals surface area contributed by atoms with Crippen LogP contribution >= 0.6 is 0 Å². The molecule has 0 spiro atoms. The molecule has 98 valence electrons. The van der Waals surface area contributed by atoms with E-state index in [9.17, 15) is 9.50 Å². The molecule has 1 fully saturated rings. The van der Waals surface area contributed by atoms with Gasteiger partial charge in [-0.05, 0) is 11.6 Å². The number of rotatable bonds is 3. The van der Waals surface area contributed by atoms with Gasteiger partial charge in [-0.15, -0.1) is 0 Å². The van der Waals surface area contributed by atoms with Gasteiger partial charge >= 0.3 is 0 Å². The maximum absolute atomic E-state index is 13.9. The molecular formula is C9H12FN5O3. The lowest BCUT2D eigenvalue weighted by Gasteiger charge is -2.29. The molecule has 0 aromatic carbocycles. The molecule has 0 bridgehead atoms. The zero-order valence-electron chi connectivity index (χ0n) is 9.30. The largest absolute Gasteiger partial charge is 0.393 e. The smallest absolute Gasteiger partial charge is 0.206 e. The first-order valence-corrected chi connectivity index (χ1v) is 5.24. The maximum Gasteiger partial charge on any atom is 0.206 e. The maximum atomic E-state index is 13.9. The van der Waals surface area contributed by atoms with Crippen LogP contribution in [0.3, 0.4) is 0 Å². The lowest BCUT2D eigenvalue weighted by Crippen LogP contribution is -2.41. The Hall–Kier alpha value is -1.67. The number of nitrogens with zero attached hydrogens (tertiary/aromatic N) is 5. The third-order valence-electron chi connectivity index (χ3n) is 2.83. The molecule has 2 rings (SSSR count). The Balaban J connectivity index is 2.23. The van der Waals surface area contributed by atoms with E-state index in [4.69, 9.17) is 15.4 Å². The van der Waals surface area contributed by atoms with Crippen molar-refractivity contribution in [2.45, 2.75) is 24.2 Å². The number of aliphatic imine (C=N–C) groups is 1. The molecular weight excluding hydrogens is 245 g/mol. The number of hydrogen-bond donors (Lipinski definition) is 2. The van der Waals surface area contributed by atoms with Crippen LogP contribution in [-0.2, 0) is 4.74 Å². The van der Waals surface area contributed by atoms with Gasteiger partial charge in [-0.2, -0.15) is 0 Å². The second kappa shape index (κ2) is 4.91. The predicted molar refractivity (Wildman–Crippen MR) is 59.1 cm³/mol. The summed E-state index contributed by atoms with van der Waals surface area (Å²) in [5.41, 5.74) is 6.30. The van der Waals surface area contributed by atoms with E-state index in [1.54, 1.807) is 18.5 Å². The van der Waals surface area contributed by atoms with Crippen LogP contribution < -0.4 is 0 Å². The van der Waals surface area contributed by atoms with Gasteiger partial charge in [-0.25, -0.2) is 4.39 Å². The highest BCUT2D eigenvalue weighted by molar-refractivity contribution is 5.71. The second-order valence-corrected chi connectivity index (χ2v) is 3.92. The molecule has 18 heavy (non-hydrogen) atoms. The van der Waals surface area contributed by atoms with Gasteiger partial charge in [0, 0.05) is 17.3 Å². The number of aliphatic hydroxyl groups excluding tert-OH is 2. The number of aliphatic hydroxyl groups is 2. The van der Waals surface area contributed by atoms with Crippen molar-refractivity contribution >= 4 is 6.21 Å². The van der Waals surface area contributed by atoms with Gasteiger partial charge in [-0.3, -0.25) is 4.99 Å². The SMILES string of the molecule is [N-]=[N+]=N[C@]1(CO)O[C@@H](N2C=CC=NC2)[C@H](O)[C@@H]1F. The number of halogens is 1. The molecule has 4 atom stereocenters. The molecule has 0 aromatic heterocycles. The van der Waals surface area contributed by atoms with Crippen molar-refractivity contribution in [3.8, 4) is 0 Å². The lowest BCUT2D eigenvalue weighted by molar-refractivity contribution is -0.130. The van der Waals surface area contributed by atoms with Gasteiger partial charge in [0.05, 0.1) is 6.61 Å². The first kappa shape index (κ1) is 12.8. The first-order chi connectivity index (χ1) is 8.64. The average Bonchev–Trinajstić information content (AvgIpc) is 2.66. The summed E-state index contributed by atoms with van der Waals surface area (Å²) in [6.07, 6.45) is 0.100. The summed E-state index contributed by atoms with van der Waals surface area (Å²) >= 11 is 0. The van der Waals surface area contributed by atoms with Gasteiger partial charge in [0.2, 0.25) is 5.72 Å². The zero-order valence-corrected chi connectivity index (χ0v) is 9.30. The van der Waals surface area contributed by atoms with Crippen molar-refractivity contribution in [1.82, 2.24) is 4.90 Å².